The van der Waals surface area contributed by atoms with E-state index in [1.54, 1.807) is 7.11 Å². The van der Waals surface area contributed by atoms with Crippen molar-refractivity contribution in [1.82, 2.24) is 0 Å². The first kappa shape index (κ1) is 11.2. The van der Waals surface area contributed by atoms with Gasteiger partial charge in [-0.3, -0.25) is 0 Å². The zero-order valence-electron chi connectivity index (χ0n) is 9.08. The largest absolute Gasteiger partial charge is 0.390 e. The summed E-state index contributed by atoms with van der Waals surface area (Å²) < 4.78 is 4.89. The highest BCUT2D eigenvalue weighted by molar-refractivity contribution is 5.28. The molecular formula is C12H18O2. The molecule has 0 amide bonds. The summed E-state index contributed by atoms with van der Waals surface area (Å²) in [7, 11) is 1.60. The minimum absolute atomic E-state index is 0.396. The smallest absolute Gasteiger partial charge is 0.0813 e. The fourth-order valence-electron chi connectivity index (χ4n) is 1.71. The van der Waals surface area contributed by atoms with Gasteiger partial charge in [-0.15, -0.1) is 0 Å². The molecule has 0 radical (unpaired) electrons. The minimum atomic E-state index is -0.402. The van der Waals surface area contributed by atoms with Crippen LogP contribution in [-0.4, -0.2) is 24.9 Å². The quantitative estimate of drug-likeness (QED) is 0.792. The molecule has 1 aromatic rings. The van der Waals surface area contributed by atoms with Gasteiger partial charge in [0.25, 0.3) is 0 Å². The number of benzene rings is 1. The highest BCUT2D eigenvalue weighted by Gasteiger charge is 2.05. The van der Waals surface area contributed by atoms with Crippen LogP contribution in [0.3, 0.4) is 0 Å². The molecule has 0 bridgehead atoms. The third-order valence-corrected chi connectivity index (χ3v) is 2.11. The predicted octanol–water partition coefficient (Wildman–Crippen LogP) is 1.85. The van der Waals surface area contributed by atoms with E-state index in [-0.39, 0.29) is 0 Å². The van der Waals surface area contributed by atoms with Crippen molar-refractivity contribution in [1.29, 1.82) is 0 Å². The Balaban J connectivity index is 2.66. The highest BCUT2D eigenvalue weighted by Crippen LogP contribution is 2.10. The highest BCUT2D eigenvalue weighted by atomic mass is 16.5. The maximum Gasteiger partial charge on any atom is 0.0813 e. The Morgan fingerprint density at radius 1 is 1.21 bits per heavy atom. The molecule has 1 atom stereocenters. The Hall–Kier alpha value is -0.860. The van der Waals surface area contributed by atoms with E-state index in [0.29, 0.717) is 13.0 Å². The maximum atomic E-state index is 9.56. The molecule has 1 aromatic carbocycles. The first-order valence-corrected chi connectivity index (χ1v) is 4.86. The molecule has 1 N–H and O–H groups in total. The summed E-state index contributed by atoms with van der Waals surface area (Å²) in [5, 5.41) is 9.56. The Morgan fingerprint density at radius 3 is 2.29 bits per heavy atom. The summed E-state index contributed by atoms with van der Waals surface area (Å²) in [6.07, 6.45) is 0.261. The van der Waals surface area contributed by atoms with Crippen LogP contribution >= 0.6 is 0 Å². The summed E-state index contributed by atoms with van der Waals surface area (Å²) in [6, 6.07) is 6.34. The molecule has 78 valence electrons. The number of hydrogen-bond donors (Lipinski definition) is 1. The van der Waals surface area contributed by atoms with Crippen LogP contribution in [0.4, 0.5) is 0 Å². The zero-order chi connectivity index (χ0) is 10.6. The second kappa shape index (κ2) is 5.13. The van der Waals surface area contributed by atoms with Crippen molar-refractivity contribution < 1.29 is 9.84 Å². The minimum Gasteiger partial charge on any atom is -0.390 e. The summed E-state index contributed by atoms with van der Waals surface area (Å²) in [5.41, 5.74) is 3.65. The molecule has 0 saturated heterocycles. The standard InChI is InChI=1S/C12H18O2/c1-9-4-10(2)6-11(5-9)7-12(13)8-14-3/h4-6,12-13H,7-8H2,1-3H3. The van der Waals surface area contributed by atoms with E-state index in [1.165, 1.54) is 16.7 Å². The van der Waals surface area contributed by atoms with Gasteiger partial charge in [-0.2, -0.15) is 0 Å². The van der Waals surface area contributed by atoms with Gasteiger partial charge < -0.3 is 9.84 Å². The first-order valence-electron chi connectivity index (χ1n) is 4.86. The van der Waals surface area contributed by atoms with Crippen LogP contribution in [-0.2, 0) is 11.2 Å². The topological polar surface area (TPSA) is 29.5 Å². The molecule has 0 aliphatic carbocycles. The van der Waals surface area contributed by atoms with Crippen molar-refractivity contribution in [2.24, 2.45) is 0 Å². The van der Waals surface area contributed by atoms with Crippen molar-refractivity contribution in [2.45, 2.75) is 26.4 Å². The second-order valence-corrected chi connectivity index (χ2v) is 3.81. The van der Waals surface area contributed by atoms with Crippen molar-refractivity contribution in [3.8, 4) is 0 Å². The van der Waals surface area contributed by atoms with E-state index < -0.39 is 6.10 Å². The third-order valence-electron chi connectivity index (χ3n) is 2.11. The van der Waals surface area contributed by atoms with Crippen LogP contribution in [0.5, 0.6) is 0 Å². The fourth-order valence-corrected chi connectivity index (χ4v) is 1.71. The van der Waals surface area contributed by atoms with Gasteiger partial charge in [-0.25, -0.2) is 0 Å². The van der Waals surface area contributed by atoms with Crippen LogP contribution in [0, 0.1) is 13.8 Å². The van der Waals surface area contributed by atoms with Crippen molar-refractivity contribution in [3.05, 3.63) is 34.9 Å². The van der Waals surface area contributed by atoms with E-state index in [2.05, 4.69) is 32.0 Å². The van der Waals surface area contributed by atoms with Crippen molar-refractivity contribution >= 4 is 0 Å². The van der Waals surface area contributed by atoms with E-state index in [4.69, 9.17) is 4.74 Å². The van der Waals surface area contributed by atoms with Gasteiger partial charge in [-0.1, -0.05) is 29.3 Å². The van der Waals surface area contributed by atoms with Gasteiger partial charge >= 0.3 is 0 Å². The van der Waals surface area contributed by atoms with Crippen LogP contribution < -0.4 is 0 Å². The molecular weight excluding hydrogens is 176 g/mol. The summed E-state index contributed by atoms with van der Waals surface area (Å²) in [4.78, 5) is 0. The number of aliphatic hydroxyl groups excluding tert-OH is 1. The predicted molar refractivity (Wildman–Crippen MR) is 57.5 cm³/mol. The van der Waals surface area contributed by atoms with Gasteiger partial charge in [-0.05, 0) is 19.4 Å². The Morgan fingerprint density at radius 2 is 1.79 bits per heavy atom. The molecule has 0 aromatic heterocycles. The van der Waals surface area contributed by atoms with Crippen LogP contribution in [0.15, 0.2) is 18.2 Å². The van der Waals surface area contributed by atoms with E-state index >= 15 is 0 Å². The lowest BCUT2D eigenvalue weighted by molar-refractivity contribution is 0.0650. The molecule has 1 rings (SSSR count). The maximum absolute atomic E-state index is 9.56. The Kier molecular flexibility index (Phi) is 4.11. The molecule has 2 nitrogen and oxygen atoms in total. The molecule has 2 heteroatoms. The molecule has 14 heavy (non-hydrogen) atoms. The van der Waals surface area contributed by atoms with E-state index in [9.17, 15) is 5.11 Å². The van der Waals surface area contributed by atoms with Crippen LogP contribution in [0.25, 0.3) is 0 Å². The number of ether oxygens (including phenoxy) is 1. The van der Waals surface area contributed by atoms with E-state index in [1.807, 2.05) is 0 Å². The second-order valence-electron chi connectivity index (χ2n) is 3.81. The Bertz CT molecular complexity index is 274. The van der Waals surface area contributed by atoms with Gasteiger partial charge in [0.1, 0.15) is 0 Å². The van der Waals surface area contributed by atoms with Gasteiger partial charge in [0.05, 0.1) is 12.7 Å². The molecule has 1 unspecified atom stereocenters. The summed E-state index contributed by atoms with van der Waals surface area (Å²) in [6.45, 7) is 4.53. The molecule has 0 heterocycles. The van der Waals surface area contributed by atoms with Gasteiger partial charge in [0, 0.05) is 13.5 Å². The zero-order valence-corrected chi connectivity index (χ0v) is 9.08. The number of methoxy groups -OCH3 is 1. The van der Waals surface area contributed by atoms with Gasteiger partial charge in [0.15, 0.2) is 0 Å². The normalized spacial score (nSPS) is 12.9. The number of aryl methyl sites for hydroxylation is 2. The number of aliphatic hydroxyl groups is 1. The van der Waals surface area contributed by atoms with Gasteiger partial charge in [0.2, 0.25) is 0 Å². The molecule has 0 spiro atoms. The lowest BCUT2D eigenvalue weighted by Gasteiger charge is -2.10. The van der Waals surface area contributed by atoms with Crippen LogP contribution in [0.2, 0.25) is 0 Å². The number of hydrogen-bond acceptors (Lipinski definition) is 2. The monoisotopic (exact) mass is 194 g/mol. The SMILES string of the molecule is COCC(O)Cc1cc(C)cc(C)c1. The number of rotatable bonds is 4. The lowest BCUT2D eigenvalue weighted by atomic mass is 10.0. The first-order chi connectivity index (χ1) is 6.61. The molecule has 0 saturated carbocycles. The Labute approximate surface area is 85.5 Å². The molecule has 0 aliphatic heterocycles. The average Bonchev–Trinajstić information content (AvgIpc) is 2.01. The summed E-state index contributed by atoms with van der Waals surface area (Å²) in [5.74, 6) is 0. The third kappa shape index (κ3) is 3.48. The molecule has 0 aliphatic rings. The van der Waals surface area contributed by atoms with Crippen molar-refractivity contribution in [3.63, 3.8) is 0 Å². The van der Waals surface area contributed by atoms with Crippen molar-refractivity contribution in [2.75, 3.05) is 13.7 Å². The fraction of sp³-hybridized carbons (Fsp3) is 0.500. The average molecular weight is 194 g/mol. The lowest BCUT2D eigenvalue weighted by Crippen LogP contribution is -2.16. The molecule has 0 fully saturated rings. The summed E-state index contributed by atoms with van der Waals surface area (Å²) >= 11 is 0. The van der Waals surface area contributed by atoms with Crippen LogP contribution in [0.1, 0.15) is 16.7 Å². The van der Waals surface area contributed by atoms with E-state index in [0.717, 1.165) is 0 Å².